The molecule has 4 rings (SSSR count). The quantitative estimate of drug-likeness (QED) is 0.479. The second kappa shape index (κ2) is 7.95. The molecule has 0 amide bonds. The first-order valence-corrected chi connectivity index (χ1v) is 9.74. The largest absolute Gasteiger partial charge is 0.465 e. The van der Waals surface area contributed by atoms with Gasteiger partial charge in [0.15, 0.2) is 0 Å². The molecule has 0 N–H and O–H groups in total. The summed E-state index contributed by atoms with van der Waals surface area (Å²) < 4.78 is 6.49. The summed E-state index contributed by atoms with van der Waals surface area (Å²) in [6, 6.07) is 20.6. The van der Waals surface area contributed by atoms with Crippen LogP contribution in [0.1, 0.15) is 32.9 Å². The zero-order valence-electron chi connectivity index (χ0n) is 17.2. The summed E-state index contributed by atoms with van der Waals surface area (Å²) in [5, 5.41) is 0.588. The third kappa shape index (κ3) is 3.50. The van der Waals surface area contributed by atoms with E-state index in [1.807, 2.05) is 68.4 Å². The van der Waals surface area contributed by atoms with Crippen LogP contribution in [0.5, 0.6) is 0 Å². The van der Waals surface area contributed by atoms with Gasteiger partial charge in [-0.25, -0.2) is 9.78 Å². The summed E-state index contributed by atoms with van der Waals surface area (Å²) in [4.78, 5) is 30.0. The lowest BCUT2D eigenvalue weighted by Crippen LogP contribution is -2.25. The number of aromatic nitrogens is 2. The fourth-order valence-corrected chi connectivity index (χ4v) is 3.75. The maximum atomic E-state index is 13.5. The Kier molecular flexibility index (Phi) is 5.19. The van der Waals surface area contributed by atoms with Gasteiger partial charge < -0.3 is 4.74 Å². The number of ether oxygens (including phenoxy) is 1. The van der Waals surface area contributed by atoms with Crippen molar-refractivity contribution in [3.8, 4) is 5.69 Å². The summed E-state index contributed by atoms with van der Waals surface area (Å²) >= 11 is 0. The minimum absolute atomic E-state index is 0.0841. The molecule has 0 aliphatic heterocycles. The molecule has 0 aliphatic rings. The number of rotatable bonds is 4. The first-order chi connectivity index (χ1) is 14.5. The van der Waals surface area contributed by atoms with Gasteiger partial charge in [0.1, 0.15) is 5.82 Å². The second-order valence-corrected chi connectivity index (χ2v) is 7.29. The van der Waals surface area contributed by atoms with Gasteiger partial charge in [0.05, 0.1) is 29.3 Å². The van der Waals surface area contributed by atoms with Crippen molar-refractivity contribution < 1.29 is 9.53 Å². The van der Waals surface area contributed by atoms with Crippen molar-refractivity contribution in [1.82, 2.24) is 9.55 Å². The van der Waals surface area contributed by atoms with Crippen molar-refractivity contribution in [2.24, 2.45) is 0 Å². The highest BCUT2D eigenvalue weighted by atomic mass is 16.5. The number of esters is 1. The van der Waals surface area contributed by atoms with Crippen molar-refractivity contribution in [2.45, 2.75) is 20.3 Å². The highest BCUT2D eigenvalue weighted by Crippen LogP contribution is 2.22. The molecule has 150 valence electrons. The predicted octanol–water partition coefficient (Wildman–Crippen LogP) is 4.38. The molecule has 0 atom stereocenters. The summed E-state index contributed by atoms with van der Waals surface area (Å²) in [5.74, 6) is 0.278. The Labute approximate surface area is 174 Å². The van der Waals surface area contributed by atoms with Crippen molar-refractivity contribution >= 4 is 16.9 Å². The lowest BCUT2D eigenvalue weighted by atomic mass is 10.1. The number of benzene rings is 3. The van der Waals surface area contributed by atoms with Gasteiger partial charge in [-0.15, -0.1) is 0 Å². The molecule has 0 spiro atoms. The van der Waals surface area contributed by atoms with E-state index < -0.39 is 0 Å². The van der Waals surface area contributed by atoms with E-state index in [9.17, 15) is 9.59 Å². The molecule has 30 heavy (non-hydrogen) atoms. The Morgan fingerprint density at radius 3 is 2.27 bits per heavy atom. The van der Waals surface area contributed by atoms with E-state index in [0.717, 1.165) is 22.4 Å². The summed E-state index contributed by atoms with van der Waals surface area (Å²) in [6.45, 7) is 4.00. The number of methoxy groups -OCH3 is 1. The summed E-state index contributed by atoms with van der Waals surface area (Å²) in [6.07, 6.45) is 0.454. The van der Waals surface area contributed by atoms with Gasteiger partial charge in [-0.3, -0.25) is 9.36 Å². The van der Waals surface area contributed by atoms with Crippen LogP contribution in [0.3, 0.4) is 0 Å². The van der Waals surface area contributed by atoms with E-state index >= 15 is 0 Å². The third-order valence-electron chi connectivity index (χ3n) is 5.25. The molecule has 0 bridgehead atoms. The van der Waals surface area contributed by atoms with Crippen molar-refractivity contribution in [1.29, 1.82) is 0 Å². The highest BCUT2D eigenvalue weighted by molar-refractivity contribution is 5.89. The fraction of sp³-hybridized carbons (Fsp3) is 0.160. The molecule has 0 fully saturated rings. The third-order valence-corrected chi connectivity index (χ3v) is 5.25. The van der Waals surface area contributed by atoms with E-state index in [1.165, 1.54) is 7.11 Å². The monoisotopic (exact) mass is 398 g/mol. The van der Waals surface area contributed by atoms with E-state index in [4.69, 9.17) is 9.72 Å². The van der Waals surface area contributed by atoms with E-state index in [1.54, 1.807) is 16.7 Å². The van der Waals surface area contributed by atoms with Crippen molar-refractivity contribution in [3.63, 3.8) is 0 Å². The molecule has 1 aromatic heterocycles. The van der Waals surface area contributed by atoms with Gasteiger partial charge in [-0.2, -0.15) is 0 Å². The van der Waals surface area contributed by atoms with Gasteiger partial charge in [-0.05, 0) is 54.8 Å². The van der Waals surface area contributed by atoms with Crippen LogP contribution in [0.2, 0.25) is 0 Å². The predicted molar refractivity (Wildman–Crippen MR) is 117 cm³/mol. The van der Waals surface area contributed by atoms with Crippen LogP contribution in [-0.2, 0) is 11.2 Å². The standard InChI is InChI=1S/C25H22N2O3/c1-16-7-6-8-17(2)23(16)27-22(26-21-10-5-4-9-20(21)24(27)28)15-18-11-13-19(14-12-18)25(29)30-3/h4-14H,15H2,1-3H3. The molecule has 1 heterocycles. The SMILES string of the molecule is COC(=O)c1ccc(Cc2nc3ccccc3c(=O)n2-c2c(C)cccc2C)cc1. The lowest BCUT2D eigenvalue weighted by molar-refractivity contribution is 0.0600. The number of carbonyl (C=O) groups excluding carboxylic acids is 1. The number of nitrogens with zero attached hydrogens (tertiary/aromatic N) is 2. The molecular weight excluding hydrogens is 376 g/mol. The second-order valence-electron chi connectivity index (χ2n) is 7.29. The first-order valence-electron chi connectivity index (χ1n) is 9.74. The number of carbonyl (C=O) groups is 1. The fourth-order valence-electron chi connectivity index (χ4n) is 3.75. The molecule has 4 aromatic rings. The Bertz CT molecular complexity index is 1280. The molecule has 5 nitrogen and oxygen atoms in total. The van der Waals surface area contributed by atoms with E-state index in [-0.39, 0.29) is 11.5 Å². The Balaban J connectivity index is 1.90. The molecule has 5 heteroatoms. The van der Waals surface area contributed by atoms with Crippen LogP contribution in [0, 0.1) is 13.8 Å². The number of hydrogen-bond donors (Lipinski definition) is 0. The van der Waals surface area contributed by atoms with Gasteiger partial charge in [0.2, 0.25) is 0 Å². The van der Waals surface area contributed by atoms with Crippen molar-refractivity contribution in [3.05, 3.63) is 105 Å². The average molecular weight is 398 g/mol. The number of hydrogen-bond acceptors (Lipinski definition) is 4. The van der Waals surface area contributed by atoms with Crippen LogP contribution in [0.25, 0.3) is 16.6 Å². The molecule has 0 saturated heterocycles. The van der Waals surface area contributed by atoms with Gasteiger partial charge >= 0.3 is 5.97 Å². The zero-order valence-corrected chi connectivity index (χ0v) is 17.2. The summed E-state index contributed by atoms with van der Waals surface area (Å²) in [5.41, 5.74) is 4.91. The molecular formula is C25H22N2O3. The van der Waals surface area contributed by atoms with E-state index in [0.29, 0.717) is 28.7 Å². The topological polar surface area (TPSA) is 61.2 Å². The van der Waals surface area contributed by atoms with Crippen LogP contribution < -0.4 is 5.56 Å². The minimum atomic E-state index is -0.377. The Morgan fingerprint density at radius 2 is 1.60 bits per heavy atom. The molecule has 0 saturated carbocycles. The van der Waals surface area contributed by atoms with Gasteiger partial charge in [0.25, 0.3) is 5.56 Å². The molecule has 3 aromatic carbocycles. The van der Waals surface area contributed by atoms with Crippen LogP contribution in [-0.4, -0.2) is 22.6 Å². The highest BCUT2D eigenvalue weighted by Gasteiger charge is 2.16. The minimum Gasteiger partial charge on any atom is -0.465 e. The maximum Gasteiger partial charge on any atom is 0.337 e. The molecule has 0 unspecified atom stereocenters. The zero-order chi connectivity index (χ0) is 21.3. The van der Waals surface area contributed by atoms with E-state index in [2.05, 4.69) is 0 Å². The Morgan fingerprint density at radius 1 is 0.933 bits per heavy atom. The molecule has 0 radical (unpaired) electrons. The number of para-hydroxylation sites is 2. The van der Waals surface area contributed by atoms with Gasteiger partial charge in [0, 0.05) is 6.42 Å². The van der Waals surface area contributed by atoms with Gasteiger partial charge in [-0.1, -0.05) is 42.5 Å². The number of aryl methyl sites for hydroxylation is 2. The summed E-state index contributed by atoms with van der Waals surface area (Å²) in [7, 11) is 1.36. The van der Waals surface area contributed by atoms with Crippen molar-refractivity contribution in [2.75, 3.05) is 7.11 Å². The normalized spacial score (nSPS) is 10.9. The van der Waals surface area contributed by atoms with Crippen LogP contribution >= 0.6 is 0 Å². The Hall–Kier alpha value is -3.73. The average Bonchev–Trinajstić information content (AvgIpc) is 2.75. The number of fused-ring (bicyclic) bond motifs is 1. The molecule has 0 aliphatic carbocycles. The van der Waals surface area contributed by atoms with Crippen LogP contribution in [0.4, 0.5) is 0 Å². The maximum absolute atomic E-state index is 13.5. The lowest BCUT2D eigenvalue weighted by Gasteiger charge is -2.18. The first kappa shape index (κ1) is 19.6. The smallest absolute Gasteiger partial charge is 0.337 e. The van der Waals surface area contributed by atoms with Crippen LogP contribution in [0.15, 0.2) is 71.5 Å².